The molecule has 1 fully saturated rings. The van der Waals surface area contributed by atoms with Gasteiger partial charge in [-0.15, -0.1) is 11.8 Å². The smallest absolute Gasteiger partial charge is 0.0189 e. The maximum absolute atomic E-state index is 2.41. The highest BCUT2D eigenvalue weighted by Crippen LogP contribution is 2.54. The van der Waals surface area contributed by atoms with E-state index in [-0.39, 0.29) is 0 Å². The molecular formula is C36H28S. The van der Waals surface area contributed by atoms with Crippen molar-refractivity contribution in [2.24, 2.45) is 0 Å². The van der Waals surface area contributed by atoms with Crippen molar-refractivity contribution in [1.29, 1.82) is 0 Å². The molecule has 1 aliphatic heterocycles. The van der Waals surface area contributed by atoms with E-state index in [9.17, 15) is 0 Å². The normalized spacial score (nSPS) is 18.8. The van der Waals surface area contributed by atoms with Crippen molar-refractivity contribution in [2.45, 2.75) is 41.7 Å². The molecule has 1 aliphatic carbocycles. The minimum Gasteiger partial charge on any atom is -0.121 e. The Bertz CT molecular complexity index is 1790. The summed E-state index contributed by atoms with van der Waals surface area (Å²) in [6, 6.07) is 40.9. The Balaban J connectivity index is 1.28. The first-order valence-electron chi connectivity index (χ1n) is 13.6. The van der Waals surface area contributed by atoms with E-state index in [1.54, 1.807) is 5.56 Å². The third-order valence-corrected chi connectivity index (χ3v) is 10.2. The van der Waals surface area contributed by atoms with Gasteiger partial charge in [-0.2, -0.15) is 0 Å². The third-order valence-electron chi connectivity index (χ3n) is 8.67. The van der Waals surface area contributed by atoms with Crippen LogP contribution in [0.15, 0.2) is 114 Å². The Morgan fingerprint density at radius 1 is 0.486 bits per heavy atom. The summed E-state index contributed by atoms with van der Waals surface area (Å²) >= 11 is 2.15. The first kappa shape index (κ1) is 21.5. The summed E-state index contributed by atoms with van der Waals surface area (Å²) in [5, 5.41) is 8.75. The highest BCUT2D eigenvalue weighted by atomic mass is 32.2. The zero-order chi connectivity index (χ0) is 24.3. The van der Waals surface area contributed by atoms with Crippen LogP contribution in [0.4, 0.5) is 0 Å². The van der Waals surface area contributed by atoms with Gasteiger partial charge in [-0.1, -0.05) is 110 Å². The Hall–Kier alpha value is -3.55. The number of rotatable bonds is 2. The number of hydrogen-bond acceptors (Lipinski definition) is 1. The minimum atomic E-state index is 0.750. The van der Waals surface area contributed by atoms with Crippen LogP contribution in [0, 0.1) is 0 Å². The maximum Gasteiger partial charge on any atom is 0.0189 e. The fraction of sp³-hybridized carbons (Fsp3) is 0.167. The fourth-order valence-electron chi connectivity index (χ4n) is 6.90. The second kappa shape index (κ2) is 8.50. The van der Waals surface area contributed by atoms with Gasteiger partial charge in [0, 0.05) is 10.1 Å². The molecule has 2 unspecified atom stereocenters. The molecule has 1 saturated carbocycles. The van der Waals surface area contributed by atoms with Gasteiger partial charge in [-0.05, 0) is 91.0 Å². The van der Waals surface area contributed by atoms with Gasteiger partial charge in [0.25, 0.3) is 0 Å². The van der Waals surface area contributed by atoms with Crippen LogP contribution >= 0.6 is 11.8 Å². The molecule has 2 aliphatic rings. The Morgan fingerprint density at radius 2 is 1.11 bits per heavy atom. The van der Waals surface area contributed by atoms with E-state index < -0.39 is 0 Å². The average Bonchev–Trinajstić information content (AvgIpc) is 3.36. The summed E-state index contributed by atoms with van der Waals surface area (Å²) in [6.45, 7) is 0. The second-order valence-corrected chi connectivity index (χ2v) is 12.0. The highest BCUT2D eigenvalue weighted by Gasteiger charge is 2.36. The fourth-order valence-corrected chi connectivity index (χ4v) is 8.61. The minimum absolute atomic E-state index is 0.750. The molecule has 178 valence electrons. The predicted molar refractivity (Wildman–Crippen MR) is 161 cm³/mol. The summed E-state index contributed by atoms with van der Waals surface area (Å²) in [7, 11) is 0. The van der Waals surface area contributed by atoms with E-state index in [0.717, 1.165) is 11.2 Å². The van der Waals surface area contributed by atoms with E-state index in [2.05, 4.69) is 121 Å². The molecule has 0 amide bonds. The lowest BCUT2D eigenvalue weighted by atomic mass is 9.83. The van der Waals surface area contributed by atoms with Crippen LogP contribution in [0.5, 0.6) is 0 Å². The van der Waals surface area contributed by atoms with Gasteiger partial charge in [-0.3, -0.25) is 0 Å². The van der Waals surface area contributed by atoms with Crippen molar-refractivity contribution in [3.8, 4) is 22.3 Å². The lowest BCUT2D eigenvalue weighted by Gasteiger charge is -2.24. The van der Waals surface area contributed by atoms with Gasteiger partial charge >= 0.3 is 0 Å². The maximum atomic E-state index is 2.41. The van der Waals surface area contributed by atoms with Crippen LogP contribution in [0.3, 0.4) is 0 Å². The lowest BCUT2D eigenvalue weighted by molar-refractivity contribution is 0.461. The van der Waals surface area contributed by atoms with Crippen molar-refractivity contribution >= 4 is 44.1 Å². The summed E-state index contributed by atoms with van der Waals surface area (Å²) in [5.41, 5.74) is 6.92. The van der Waals surface area contributed by atoms with Gasteiger partial charge in [-0.25, -0.2) is 0 Å². The molecule has 2 atom stereocenters. The standard InChI is InChI=1S/C36H28S/c1-2-13-29-27(11-1)28-12-3-4-14-30(28)34-22-24(19-20-31(29)34)23-9-7-10-25(21-23)26-16-8-17-33-32-15-5-6-18-35(32)37-36(26)33/h1-4,7-14,16-17,19-22,32,35H,5-6,15,18H2. The molecule has 0 saturated heterocycles. The van der Waals surface area contributed by atoms with Crippen molar-refractivity contribution in [2.75, 3.05) is 0 Å². The van der Waals surface area contributed by atoms with Gasteiger partial charge in [0.05, 0.1) is 0 Å². The lowest BCUT2D eigenvalue weighted by Crippen LogP contribution is -2.14. The van der Waals surface area contributed by atoms with Crippen molar-refractivity contribution < 1.29 is 0 Å². The average molecular weight is 493 g/mol. The molecule has 8 rings (SSSR count). The van der Waals surface area contributed by atoms with Crippen LogP contribution in [0.2, 0.25) is 0 Å². The monoisotopic (exact) mass is 492 g/mol. The van der Waals surface area contributed by atoms with Crippen molar-refractivity contribution in [1.82, 2.24) is 0 Å². The predicted octanol–water partition coefficient (Wildman–Crippen LogP) is 10.6. The molecule has 37 heavy (non-hydrogen) atoms. The molecule has 0 radical (unpaired) electrons. The molecule has 0 bridgehead atoms. The molecule has 0 N–H and O–H groups in total. The number of thioether (sulfide) groups is 1. The van der Waals surface area contributed by atoms with Crippen molar-refractivity contribution in [3.63, 3.8) is 0 Å². The largest absolute Gasteiger partial charge is 0.121 e. The highest BCUT2D eigenvalue weighted by molar-refractivity contribution is 8.00. The van der Waals surface area contributed by atoms with Crippen LogP contribution in [-0.4, -0.2) is 5.25 Å². The third kappa shape index (κ3) is 3.37. The molecule has 0 aromatic heterocycles. The second-order valence-electron chi connectivity index (χ2n) is 10.7. The van der Waals surface area contributed by atoms with Crippen LogP contribution in [-0.2, 0) is 0 Å². The molecular weight excluding hydrogens is 464 g/mol. The number of hydrogen-bond donors (Lipinski definition) is 0. The number of fused-ring (bicyclic) bond motifs is 9. The summed E-state index contributed by atoms with van der Waals surface area (Å²) in [4.78, 5) is 1.53. The van der Waals surface area contributed by atoms with E-state index >= 15 is 0 Å². The molecule has 0 nitrogen and oxygen atoms in total. The molecule has 6 aromatic carbocycles. The Kier molecular flexibility index (Phi) is 4.95. The van der Waals surface area contributed by atoms with Gasteiger partial charge in [0.2, 0.25) is 0 Å². The summed E-state index contributed by atoms with van der Waals surface area (Å²) < 4.78 is 0. The summed E-state index contributed by atoms with van der Waals surface area (Å²) in [6.07, 6.45) is 5.49. The van der Waals surface area contributed by atoms with E-state index in [1.165, 1.54) is 85.1 Å². The molecule has 6 aromatic rings. The first-order chi connectivity index (χ1) is 18.3. The first-order valence-corrected chi connectivity index (χ1v) is 14.5. The Morgan fingerprint density at radius 3 is 1.89 bits per heavy atom. The van der Waals surface area contributed by atoms with Gasteiger partial charge < -0.3 is 0 Å². The van der Waals surface area contributed by atoms with E-state index in [1.807, 2.05) is 0 Å². The molecule has 0 spiro atoms. The van der Waals surface area contributed by atoms with Crippen LogP contribution in [0.1, 0.15) is 37.2 Å². The quantitative estimate of drug-likeness (QED) is 0.217. The zero-order valence-electron chi connectivity index (χ0n) is 20.8. The van der Waals surface area contributed by atoms with Crippen LogP contribution in [0.25, 0.3) is 54.6 Å². The molecule has 1 heteroatoms. The zero-order valence-corrected chi connectivity index (χ0v) is 21.6. The molecule has 1 heterocycles. The van der Waals surface area contributed by atoms with Crippen LogP contribution < -0.4 is 0 Å². The van der Waals surface area contributed by atoms with Gasteiger partial charge in [0.1, 0.15) is 0 Å². The number of benzene rings is 6. The van der Waals surface area contributed by atoms with Gasteiger partial charge in [0.15, 0.2) is 0 Å². The SMILES string of the molecule is c1cc(-c2ccc3c4ccccc4c4ccccc4c3c2)cc(-c2cccc3c2SC2CCCCC32)c1. The van der Waals surface area contributed by atoms with E-state index in [0.29, 0.717) is 0 Å². The summed E-state index contributed by atoms with van der Waals surface area (Å²) in [5.74, 6) is 0.750. The van der Waals surface area contributed by atoms with E-state index in [4.69, 9.17) is 0 Å². The van der Waals surface area contributed by atoms with Crippen molar-refractivity contribution in [3.05, 3.63) is 115 Å². The Labute approximate surface area is 222 Å². The topological polar surface area (TPSA) is 0 Å².